The van der Waals surface area contributed by atoms with Gasteiger partial charge in [0.1, 0.15) is 36.8 Å². The van der Waals surface area contributed by atoms with Crippen LogP contribution >= 0.6 is 23.2 Å². The highest BCUT2D eigenvalue weighted by atomic mass is 35.5. The van der Waals surface area contributed by atoms with Crippen molar-refractivity contribution in [1.82, 2.24) is 54.3 Å². The summed E-state index contributed by atoms with van der Waals surface area (Å²) in [6.45, 7) is 9.15. The maximum Gasteiger partial charge on any atom is 0.360 e. The van der Waals surface area contributed by atoms with E-state index in [1.807, 2.05) is 0 Å². The number of aromatic carboxylic acids is 1. The summed E-state index contributed by atoms with van der Waals surface area (Å²) in [6, 6.07) is 12.0. The summed E-state index contributed by atoms with van der Waals surface area (Å²) in [5.74, 6) is -2.20. The van der Waals surface area contributed by atoms with Crippen molar-refractivity contribution in [3.63, 3.8) is 0 Å². The molecule has 1 N–H and O–H groups in total. The molecule has 2 aliphatic rings. The fourth-order valence-corrected chi connectivity index (χ4v) is 6.32. The smallest absolute Gasteiger partial charge is 0.360 e. The zero-order valence-corrected chi connectivity index (χ0v) is 34.6. The average molecular weight is 873 g/mol. The molecule has 0 spiro atoms. The number of hydrogen-bond donors (Lipinski definition) is 1. The minimum absolute atomic E-state index is 0.0313. The number of carboxylic acids is 1. The molecule has 8 rings (SSSR count). The summed E-state index contributed by atoms with van der Waals surface area (Å²) in [5.41, 5.74) is 3.41. The lowest BCUT2D eigenvalue weighted by atomic mass is 10.1. The summed E-state index contributed by atoms with van der Waals surface area (Å²) in [6.07, 6.45) is 4.58. The third kappa shape index (κ3) is 9.61. The Bertz CT molecular complexity index is 2710. The molecule has 0 saturated heterocycles. The Morgan fingerprint density at radius 1 is 0.820 bits per heavy atom. The lowest BCUT2D eigenvalue weighted by molar-refractivity contribution is -0.153. The van der Waals surface area contributed by atoms with Gasteiger partial charge >= 0.3 is 23.9 Å². The second-order valence-electron chi connectivity index (χ2n) is 13.7. The van der Waals surface area contributed by atoms with E-state index in [9.17, 15) is 24.3 Å². The number of benzene rings is 2. The predicted octanol–water partition coefficient (Wildman–Crippen LogP) is 4.95. The van der Waals surface area contributed by atoms with E-state index in [-0.39, 0.29) is 49.6 Å². The molecule has 23 heteroatoms. The molecule has 61 heavy (non-hydrogen) atoms. The minimum Gasteiger partial charge on any atom is -0.476 e. The molecule has 0 aliphatic carbocycles. The Morgan fingerprint density at radius 3 is 2.00 bits per heavy atom. The molecule has 0 amide bonds. The Balaban J connectivity index is 0.000000168. The van der Waals surface area contributed by atoms with Gasteiger partial charge in [0.2, 0.25) is 0 Å². The third-order valence-corrected chi connectivity index (χ3v) is 8.83. The number of rotatable bonds is 6. The standard InChI is InChI=1S/C16H12ClN5O4.C15H12ClN7O2.C7H11NO2/c1-2-26-16(25)14-12-6-11-13(15(23)24)18-7-21(11)9-4-3-8(17)5-10(9)22(12)20-19-14;1-2-25-15(24)14-12-6-13(22-8-17-7-18-22)19-10-4-3-9(16)5-11(10)23(12)21-20-14;1-7(2,3)10-6(9)4-5-8/h3-5,7H,2,6H2,1H3,(H,23,24);3-5,7-8H,2,6H2,1H3;4H2,1-3H3. The molecule has 0 fully saturated rings. The average Bonchev–Trinajstić information content (AvgIpc) is 4.01. The Morgan fingerprint density at radius 2 is 1.43 bits per heavy atom. The number of imidazole rings is 1. The van der Waals surface area contributed by atoms with E-state index in [4.69, 9.17) is 42.7 Å². The van der Waals surface area contributed by atoms with Crippen molar-refractivity contribution >= 4 is 58.6 Å². The first kappa shape index (κ1) is 43.3. The molecule has 2 aliphatic heterocycles. The van der Waals surface area contributed by atoms with Crippen LogP contribution < -0.4 is 0 Å². The van der Waals surface area contributed by atoms with E-state index < -0.39 is 29.5 Å². The van der Waals surface area contributed by atoms with E-state index in [1.165, 1.54) is 28.3 Å². The van der Waals surface area contributed by atoms with Crippen molar-refractivity contribution in [2.24, 2.45) is 4.99 Å². The lowest BCUT2D eigenvalue weighted by Crippen LogP contribution is -2.23. The number of carbonyl (C=O) groups excluding carboxylic acids is 3. The van der Waals surface area contributed by atoms with Crippen molar-refractivity contribution in [2.45, 2.75) is 59.5 Å². The fraction of sp³-hybridized carbons (Fsp3) is 0.289. The van der Waals surface area contributed by atoms with Crippen LogP contribution in [0.4, 0.5) is 5.69 Å². The van der Waals surface area contributed by atoms with Gasteiger partial charge in [-0.15, -0.1) is 10.2 Å². The topological polar surface area (TPSA) is 262 Å². The molecule has 4 aromatic heterocycles. The molecule has 0 bridgehead atoms. The van der Waals surface area contributed by atoms with E-state index in [0.717, 1.165) is 0 Å². The molecule has 2 aromatic carbocycles. The van der Waals surface area contributed by atoms with Gasteiger partial charge in [0, 0.05) is 16.5 Å². The highest BCUT2D eigenvalue weighted by molar-refractivity contribution is 6.31. The van der Waals surface area contributed by atoms with Crippen molar-refractivity contribution in [1.29, 1.82) is 5.26 Å². The van der Waals surface area contributed by atoms with E-state index >= 15 is 0 Å². The number of nitrogens with zero attached hydrogens (tertiary/aromatic N) is 13. The van der Waals surface area contributed by atoms with Crippen molar-refractivity contribution in [3.8, 4) is 23.1 Å². The zero-order valence-electron chi connectivity index (χ0n) is 33.1. The van der Waals surface area contributed by atoms with Crippen LogP contribution in [0.25, 0.3) is 17.1 Å². The number of halogens is 2. The minimum atomic E-state index is -1.16. The fourth-order valence-electron chi connectivity index (χ4n) is 5.99. The van der Waals surface area contributed by atoms with Gasteiger partial charge < -0.3 is 19.3 Å². The first-order valence-electron chi connectivity index (χ1n) is 18.3. The summed E-state index contributed by atoms with van der Waals surface area (Å²) >= 11 is 12.2. The first-order valence-corrected chi connectivity index (χ1v) is 19.0. The number of hydrogen-bond acceptors (Lipinski definition) is 16. The van der Waals surface area contributed by atoms with Crippen molar-refractivity contribution in [3.05, 3.63) is 99.6 Å². The van der Waals surface area contributed by atoms with Crippen LogP contribution in [0.2, 0.25) is 10.0 Å². The monoisotopic (exact) mass is 871 g/mol. The van der Waals surface area contributed by atoms with Gasteiger partial charge in [-0.05, 0) is 71.0 Å². The second kappa shape index (κ2) is 18.3. The van der Waals surface area contributed by atoms with Crippen LogP contribution in [0.1, 0.15) is 89.6 Å². The highest BCUT2D eigenvalue weighted by Crippen LogP contribution is 2.33. The summed E-state index contributed by atoms with van der Waals surface area (Å²) in [4.78, 5) is 59.2. The Kier molecular flexibility index (Phi) is 13.0. The Labute approximate surface area is 356 Å². The number of fused-ring (bicyclic) bond motifs is 8. The van der Waals surface area contributed by atoms with Crippen LogP contribution in [0, 0.1) is 11.3 Å². The number of nitriles is 1. The molecular weight excluding hydrogens is 837 g/mol. The number of esters is 3. The van der Waals surface area contributed by atoms with Gasteiger partial charge in [-0.1, -0.05) is 33.6 Å². The van der Waals surface area contributed by atoms with Crippen LogP contribution in [0.15, 0.2) is 60.4 Å². The summed E-state index contributed by atoms with van der Waals surface area (Å²) < 4.78 is 21.1. The van der Waals surface area contributed by atoms with Gasteiger partial charge in [-0.25, -0.2) is 43.4 Å². The normalized spacial score (nSPS) is 12.0. The molecule has 0 radical (unpaired) electrons. The number of aromatic nitrogens is 11. The molecule has 6 aromatic rings. The maximum atomic E-state index is 12.2. The zero-order chi connectivity index (χ0) is 44.0. The van der Waals surface area contributed by atoms with Gasteiger partial charge in [0.25, 0.3) is 0 Å². The summed E-state index contributed by atoms with van der Waals surface area (Å²) in [7, 11) is 0. The van der Waals surface area contributed by atoms with Gasteiger partial charge in [-0.2, -0.15) is 10.4 Å². The van der Waals surface area contributed by atoms with E-state index in [2.05, 4.69) is 40.7 Å². The van der Waals surface area contributed by atoms with Crippen LogP contribution in [0.3, 0.4) is 0 Å². The van der Waals surface area contributed by atoms with E-state index in [1.54, 1.807) is 86.3 Å². The molecule has 21 nitrogen and oxygen atoms in total. The molecule has 314 valence electrons. The first-order chi connectivity index (χ1) is 29.1. The SMILES string of the molecule is CC(C)(C)OC(=O)CC#N.CCOC(=O)c1nnn2c1CC(n1cncn1)=Nc1ccc(Cl)cc1-2.CCOC(=O)c1nnn2c1Cc1c(C(=O)O)ncn1-c1ccc(Cl)cc1-2. The van der Waals surface area contributed by atoms with Gasteiger partial charge in [0.05, 0.1) is 65.5 Å². The van der Waals surface area contributed by atoms with E-state index in [0.29, 0.717) is 55.7 Å². The molecule has 0 atom stereocenters. The number of aliphatic imine (C=N–C) groups is 1. The second-order valence-corrected chi connectivity index (χ2v) is 14.5. The molecule has 6 heterocycles. The molecule has 0 saturated carbocycles. The van der Waals surface area contributed by atoms with Crippen LogP contribution in [-0.2, 0) is 31.8 Å². The van der Waals surface area contributed by atoms with Crippen molar-refractivity contribution in [2.75, 3.05) is 13.2 Å². The Hall–Kier alpha value is -7.31. The quantitative estimate of drug-likeness (QED) is 0.171. The van der Waals surface area contributed by atoms with Gasteiger partial charge in [0.15, 0.2) is 17.1 Å². The number of carboxylic acid groups (broad SMARTS) is 1. The lowest BCUT2D eigenvalue weighted by Gasteiger charge is -2.18. The largest absolute Gasteiger partial charge is 0.476 e. The van der Waals surface area contributed by atoms with Gasteiger partial charge in [-0.3, -0.25) is 9.36 Å². The maximum absolute atomic E-state index is 12.2. The van der Waals surface area contributed by atoms with Crippen LogP contribution in [-0.4, -0.2) is 108 Å². The summed E-state index contributed by atoms with van der Waals surface area (Å²) in [5, 5.41) is 38.7. The molecule has 0 unspecified atom stereocenters. The highest BCUT2D eigenvalue weighted by Gasteiger charge is 2.31. The van der Waals surface area contributed by atoms with Crippen LogP contribution in [0.5, 0.6) is 0 Å². The number of carbonyl (C=O) groups is 4. The molecular formula is C38H35Cl2N13O8. The third-order valence-electron chi connectivity index (χ3n) is 8.36. The number of ether oxygens (including phenoxy) is 3. The van der Waals surface area contributed by atoms with Crippen molar-refractivity contribution < 1.29 is 38.5 Å². The predicted molar refractivity (Wildman–Crippen MR) is 214 cm³/mol.